The molecular weight excluding hydrogens is 448 g/mol. The highest BCUT2D eigenvalue weighted by molar-refractivity contribution is 5.98. The van der Waals surface area contributed by atoms with E-state index in [-0.39, 0.29) is 29.5 Å². The molecule has 4 rings (SSSR count). The highest BCUT2D eigenvalue weighted by Gasteiger charge is 2.32. The lowest BCUT2D eigenvalue weighted by Crippen LogP contribution is -2.53. The molecule has 0 aliphatic carbocycles. The molecule has 3 aromatic rings. The first-order chi connectivity index (χ1) is 16.8. The number of methoxy groups -OCH3 is 2. The molecule has 1 atom stereocenters. The molecule has 9 nitrogen and oxygen atoms in total. The Kier molecular flexibility index (Phi) is 7.14. The van der Waals surface area contributed by atoms with E-state index in [1.54, 1.807) is 27.7 Å². The number of hydrogen-bond donors (Lipinski definition) is 2. The summed E-state index contributed by atoms with van der Waals surface area (Å²) in [7, 11) is 3.04. The summed E-state index contributed by atoms with van der Waals surface area (Å²) in [6.07, 6.45) is 1.33. The van der Waals surface area contributed by atoms with Crippen LogP contribution in [-0.4, -0.2) is 59.6 Å². The molecule has 1 aliphatic rings. The van der Waals surface area contributed by atoms with Crippen LogP contribution in [0, 0.1) is 5.92 Å². The third-order valence-corrected chi connectivity index (χ3v) is 6.60. The van der Waals surface area contributed by atoms with Crippen molar-refractivity contribution in [2.75, 3.05) is 27.3 Å². The zero-order valence-electron chi connectivity index (χ0n) is 20.5. The Bertz CT molecular complexity index is 1250. The van der Waals surface area contributed by atoms with E-state index in [0.717, 1.165) is 11.0 Å². The summed E-state index contributed by atoms with van der Waals surface area (Å²) in [4.78, 5) is 43.7. The van der Waals surface area contributed by atoms with Crippen LogP contribution in [-0.2, 0) is 4.79 Å². The number of piperidine rings is 1. The van der Waals surface area contributed by atoms with Gasteiger partial charge in [0.25, 0.3) is 5.91 Å². The van der Waals surface area contributed by atoms with Crippen molar-refractivity contribution < 1.29 is 19.1 Å². The van der Waals surface area contributed by atoms with E-state index in [1.807, 2.05) is 38.1 Å². The van der Waals surface area contributed by atoms with E-state index in [2.05, 4.69) is 10.3 Å². The van der Waals surface area contributed by atoms with Gasteiger partial charge >= 0.3 is 5.69 Å². The number of ether oxygens (including phenoxy) is 2. The number of aromatic amines is 1. The highest BCUT2D eigenvalue weighted by atomic mass is 16.5. The van der Waals surface area contributed by atoms with Gasteiger partial charge < -0.3 is 24.7 Å². The van der Waals surface area contributed by atoms with E-state index in [9.17, 15) is 14.4 Å². The van der Waals surface area contributed by atoms with Gasteiger partial charge in [0.1, 0.15) is 17.5 Å². The number of nitrogens with one attached hydrogen (secondary N) is 2. The molecule has 2 N–H and O–H groups in total. The van der Waals surface area contributed by atoms with Crippen LogP contribution < -0.4 is 20.5 Å². The van der Waals surface area contributed by atoms with Gasteiger partial charge in [-0.15, -0.1) is 0 Å². The molecule has 186 valence electrons. The molecule has 1 saturated heterocycles. The van der Waals surface area contributed by atoms with Crippen molar-refractivity contribution in [3.63, 3.8) is 0 Å². The summed E-state index contributed by atoms with van der Waals surface area (Å²) in [5.74, 6) is 0.406. The summed E-state index contributed by atoms with van der Waals surface area (Å²) < 4.78 is 12.3. The van der Waals surface area contributed by atoms with Gasteiger partial charge in [0.15, 0.2) is 0 Å². The number of rotatable bonds is 7. The maximum absolute atomic E-state index is 13.4. The zero-order valence-corrected chi connectivity index (χ0v) is 20.5. The van der Waals surface area contributed by atoms with Gasteiger partial charge in [-0.25, -0.2) is 4.79 Å². The van der Waals surface area contributed by atoms with E-state index in [4.69, 9.17) is 9.47 Å². The standard InChI is InChI=1S/C26H32N4O5/c1-16(2)23(28-24(31)17-13-19(34-3)15-20(14-17)35-4)25(32)29-11-9-18(10-12-29)30-22-8-6-5-7-21(22)27-26(30)33/h5-8,13-16,18,23H,9-12H2,1-4H3,(H,27,33)(H,28,31)/t23-/m0/s1. The van der Waals surface area contributed by atoms with Crippen molar-refractivity contribution in [1.29, 1.82) is 0 Å². The number of nitrogens with zero attached hydrogens (tertiary/aromatic N) is 2. The Labute approximate surface area is 204 Å². The summed E-state index contributed by atoms with van der Waals surface area (Å²) in [6.45, 7) is 4.85. The van der Waals surface area contributed by atoms with Gasteiger partial charge in [0.2, 0.25) is 5.91 Å². The quantitative estimate of drug-likeness (QED) is 0.541. The fraction of sp³-hybridized carbons (Fsp3) is 0.423. The SMILES string of the molecule is COc1cc(OC)cc(C(=O)N[C@H](C(=O)N2CCC(n3c(=O)[nH]c4ccccc43)CC2)C(C)C)c1. The van der Waals surface area contributed by atoms with Gasteiger partial charge in [-0.3, -0.25) is 14.2 Å². The minimum Gasteiger partial charge on any atom is -0.497 e. The van der Waals surface area contributed by atoms with Crippen LogP contribution in [0.3, 0.4) is 0 Å². The Morgan fingerprint density at radius 1 is 1.03 bits per heavy atom. The van der Waals surface area contributed by atoms with Crippen LogP contribution >= 0.6 is 0 Å². The molecule has 2 aromatic carbocycles. The molecule has 2 heterocycles. The van der Waals surface area contributed by atoms with E-state index < -0.39 is 6.04 Å². The molecule has 0 bridgehead atoms. The summed E-state index contributed by atoms with van der Waals surface area (Å²) in [6, 6.07) is 11.9. The average Bonchev–Trinajstić information content (AvgIpc) is 3.21. The Balaban J connectivity index is 1.45. The second kappa shape index (κ2) is 10.2. The van der Waals surface area contributed by atoms with Crippen molar-refractivity contribution in [3.8, 4) is 11.5 Å². The van der Waals surface area contributed by atoms with E-state index in [1.165, 1.54) is 14.2 Å². The fourth-order valence-corrected chi connectivity index (χ4v) is 4.65. The molecule has 9 heteroatoms. The number of fused-ring (bicyclic) bond motifs is 1. The van der Waals surface area contributed by atoms with Gasteiger partial charge in [-0.2, -0.15) is 0 Å². The van der Waals surface area contributed by atoms with Crippen LogP contribution in [0.25, 0.3) is 11.0 Å². The Morgan fingerprint density at radius 3 is 2.26 bits per heavy atom. The lowest BCUT2D eigenvalue weighted by atomic mass is 9.99. The first-order valence-electron chi connectivity index (χ1n) is 11.8. The first kappa shape index (κ1) is 24.4. The number of amides is 2. The fourth-order valence-electron chi connectivity index (χ4n) is 4.65. The Hall–Kier alpha value is -3.75. The van der Waals surface area contributed by atoms with Crippen molar-refractivity contribution in [2.45, 2.75) is 38.8 Å². The number of carbonyl (C=O) groups is 2. The monoisotopic (exact) mass is 480 g/mol. The predicted molar refractivity (Wildman–Crippen MR) is 133 cm³/mol. The predicted octanol–water partition coefficient (Wildman–Crippen LogP) is 2.96. The lowest BCUT2D eigenvalue weighted by molar-refractivity contribution is -0.135. The number of para-hydroxylation sites is 2. The molecule has 0 unspecified atom stereocenters. The van der Waals surface area contributed by atoms with Gasteiger partial charge in [-0.1, -0.05) is 26.0 Å². The molecule has 1 fully saturated rings. The second-order valence-electron chi connectivity index (χ2n) is 9.17. The van der Waals surface area contributed by atoms with Gasteiger partial charge in [-0.05, 0) is 43.0 Å². The highest BCUT2D eigenvalue weighted by Crippen LogP contribution is 2.26. The number of hydrogen-bond acceptors (Lipinski definition) is 5. The largest absolute Gasteiger partial charge is 0.497 e. The van der Waals surface area contributed by atoms with Crippen LogP contribution in [0.4, 0.5) is 0 Å². The average molecular weight is 481 g/mol. The van der Waals surface area contributed by atoms with Crippen LogP contribution in [0.2, 0.25) is 0 Å². The number of likely N-dealkylation sites (tertiary alicyclic amines) is 1. The third-order valence-electron chi connectivity index (χ3n) is 6.60. The van der Waals surface area contributed by atoms with Crippen LogP contribution in [0.5, 0.6) is 11.5 Å². The first-order valence-corrected chi connectivity index (χ1v) is 11.8. The lowest BCUT2D eigenvalue weighted by Gasteiger charge is -2.35. The second-order valence-corrected chi connectivity index (χ2v) is 9.17. The minimum absolute atomic E-state index is 0.0130. The number of benzene rings is 2. The van der Waals surface area contributed by atoms with Crippen LogP contribution in [0.1, 0.15) is 43.1 Å². The van der Waals surface area contributed by atoms with Crippen molar-refractivity contribution in [3.05, 3.63) is 58.5 Å². The summed E-state index contributed by atoms with van der Waals surface area (Å²) in [5.41, 5.74) is 1.92. The molecule has 0 saturated carbocycles. The number of H-pyrrole nitrogens is 1. The molecule has 35 heavy (non-hydrogen) atoms. The van der Waals surface area contributed by atoms with Crippen molar-refractivity contribution in [2.24, 2.45) is 5.92 Å². The number of aromatic nitrogens is 2. The zero-order chi connectivity index (χ0) is 25.1. The Morgan fingerprint density at radius 2 is 1.66 bits per heavy atom. The molecule has 1 aliphatic heterocycles. The normalized spacial score (nSPS) is 15.3. The molecule has 2 amide bonds. The van der Waals surface area contributed by atoms with Crippen molar-refractivity contribution >= 4 is 22.8 Å². The molecule has 0 radical (unpaired) electrons. The van der Waals surface area contributed by atoms with Gasteiger partial charge in [0, 0.05) is 30.8 Å². The van der Waals surface area contributed by atoms with E-state index >= 15 is 0 Å². The van der Waals surface area contributed by atoms with Gasteiger partial charge in [0.05, 0.1) is 25.3 Å². The topological polar surface area (TPSA) is 106 Å². The number of imidazole rings is 1. The molecule has 0 spiro atoms. The van der Waals surface area contributed by atoms with Crippen molar-refractivity contribution in [1.82, 2.24) is 19.8 Å². The molecular formula is C26H32N4O5. The van der Waals surface area contributed by atoms with Crippen LogP contribution in [0.15, 0.2) is 47.3 Å². The smallest absolute Gasteiger partial charge is 0.326 e. The number of carbonyl (C=O) groups excluding carboxylic acids is 2. The summed E-state index contributed by atoms with van der Waals surface area (Å²) in [5, 5.41) is 2.90. The third kappa shape index (κ3) is 5.03. The minimum atomic E-state index is -0.674. The molecule has 1 aromatic heterocycles. The maximum atomic E-state index is 13.4. The van der Waals surface area contributed by atoms with E-state index in [0.29, 0.717) is 43.0 Å². The maximum Gasteiger partial charge on any atom is 0.326 e. The summed E-state index contributed by atoms with van der Waals surface area (Å²) >= 11 is 0.